The van der Waals surface area contributed by atoms with Crippen molar-refractivity contribution in [3.05, 3.63) is 41.6 Å². The first-order chi connectivity index (χ1) is 9.95. The van der Waals surface area contributed by atoms with Crippen molar-refractivity contribution < 1.29 is 17.9 Å². The van der Waals surface area contributed by atoms with Gasteiger partial charge >= 0.3 is 6.61 Å². The highest BCUT2D eigenvalue weighted by Gasteiger charge is 2.16. The number of ether oxygens (including phenoxy) is 1. The van der Waals surface area contributed by atoms with Crippen LogP contribution in [0.2, 0.25) is 0 Å². The van der Waals surface area contributed by atoms with Gasteiger partial charge in [0.1, 0.15) is 5.75 Å². The van der Waals surface area contributed by atoms with Crippen LogP contribution in [0.3, 0.4) is 0 Å². The second-order valence-electron chi connectivity index (χ2n) is 4.72. The molecule has 0 radical (unpaired) electrons. The molecule has 1 aromatic heterocycles. The Morgan fingerprint density at radius 2 is 1.76 bits per heavy atom. The normalized spacial score (nSPS) is 14.2. The highest BCUT2D eigenvalue weighted by molar-refractivity contribution is 5.29. The van der Waals surface area contributed by atoms with Crippen LogP contribution in [-0.2, 0) is 0 Å². The van der Waals surface area contributed by atoms with Crippen molar-refractivity contribution >= 4 is 0 Å². The second kappa shape index (κ2) is 6.62. The summed E-state index contributed by atoms with van der Waals surface area (Å²) in [6, 6.07) is 6.39. The van der Waals surface area contributed by atoms with Crippen molar-refractivity contribution in [2.45, 2.75) is 39.5 Å². The van der Waals surface area contributed by atoms with Gasteiger partial charge in [0.05, 0.1) is 6.04 Å². The maximum Gasteiger partial charge on any atom is 0.387 e. The topological polar surface area (TPSA) is 60.2 Å². The fourth-order valence-corrected chi connectivity index (χ4v) is 1.97. The zero-order valence-corrected chi connectivity index (χ0v) is 12.0. The molecule has 5 nitrogen and oxygen atoms in total. The SMILES string of the molecule is Cc1nnc([C@H](C)N[C@H](C)c2ccc(OC(F)F)cc2)o1. The van der Waals surface area contributed by atoms with E-state index in [0.29, 0.717) is 11.8 Å². The number of alkyl halides is 2. The lowest BCUT2D eigenvalue weighted by molar-refractivity contribution is -0.0498. The minimum absolute atomic E-state index is 0.00666. The lowest BCUT2D eigenvalue weighted by Gasteiger charge is -2.18. The molecule has 0 saturated heterocycles. The van der Waals surface area contributed by atoms with E-state index in [1.54, 1.807) is 19.1 Å². The Balaban J connectivity index is 1.98. The van der Waals surface area contributed by atoms with E-state index in [9.17, 15) is 8.78 Å². The van der Waals surface area contributed by atoms with Gasteiger partial charge in [-0.25, -0.2) is 0 Å². The molecule has 0 saturated carbocycles. The summed E-state index contributed by atoms with van der Waals surface area (Å²) in [6.07, 6.45) is 0. The highest BCUT2D eigenvalue weighted by atomic mass is 19.3. The second-order valence-corrected chi connectivity index (χ2v) is 4.72. The first kappa shape index (κ1) is 15.4. The summed E-state index contributed by atoms with van der Waals surface area (Å²) in [6.45, 7) is 2.79. The van der Waals surface area contributed by atoms with Crippen LogP contribution in [0.15, 0.2) is 28.7 Å². The van der Waals surface area contributed by atoms with Crippen molar-refractivity contribution in [1.29, 1.82) is 0 Å². The summed E-state index contributed by atoms with van der Waals surface area (Å²) in [7, 11) is 0. The first-order valence-corrected chi connectivity index (χ1v) is 6.56. The monoisotopic (exact) mass is 297 g/mol. The third kappa shape index (κ3) is 4.22. The van der Waals surface area contributed by atoms with Gasteiger partial charge in [-0.05, 0) is 31.5 Å². The Morgan fingerprint density at radius 3 is 2.29 bits per heavy atom. The Kier molecular flexibility index (Phi) is 4.85. The molecule has 0 bridgehead atoms. The summed E-state index contributed by atoms with van der Waals surface area (Å²) in [5, 5.41) is 11.0. The Labute approximate surface area is 121 Å². The molecule has 7 heteroatoms. The first-order valence-electron chi connectivity index (χ1n) is 6.56. The molecule has 114 valence electrons. The van der Waals surface area contributed by atoms with Crippen LogP contribution in [0.5, 0.6) is 5.75 Å². The predicted octanol–water partition coefficient (Wildman–Crippen LogP) is 3.39. The summed E-state index contributed by atoms with van der Waals surface area (Å²) >= 11 is 0. The molecule has 0 unspecified atom stereocenters. The zero-order valence-electron chi connectivity index (χ0n) is 12.0. The van der Waals surface area contributed by atoms with Gasteiger partial charge in [-0.1, -0.05) is 12.1 Å². The van der Waals surface area contributed by atoms with Gasteiger partial charge in [-0.3, -0.25) is 5.32 Å². The predicted molar refractivity (Wildman–Crippen MR) is 72.1 cm³/mol. The maximum absolute atomic E-state index is 12.1. The van der Waals surface area contributed by atoms with Crippen LogP contribution in [0, 0.1) is 6.92 Å². The molecule has 2 rings (SSSR count). The van der Waals surface area contributed by atoms with Gasteiger partial charge in [-0.2, -0.15) is 8.78 Å². The average molecular weight is 297 g/mol. The molecule has 1 N–H and O–H groups in total. The molecule has 1 heterocycles. The van der Waals surface area contributed by atoms with Crippen molar-refractivity contribution in [3.8, 4) is 5.75 Å². The summed E-state index contributed by atoms with van der Waals surface area (Å²) in [5.74, 6) is 1.17. The molecule has 21 heavy (non-hydrogen) atoms. The number of rotatable bonds is 6. The van der Waals surface area contributed by atoms with Gasteiger partial charge in [-0.15, -0.1) is 10.2 Å². The number of halogens is 2. The van der Waals surface area contributed by atoms with E-state index >= 15 is 0 Å². The Hall–Kier alpha value is -2.02. The third-order valence-corrected chi connectivity index (χ3v) is 3.02. The minimum atomic E-state index is -2.81. The number of hydrogen-bond acceptors (Lipinski definition) is 5. The Morgan fingerprint density at radius 1 is 1.10 bits per heavy atom. The quantitative estimate of drug-likeness (QED) is 0.885. The van der Waals surface area contributed by atoms with E-state index in [1.165, 1.54) is 12.1 Å². The highest BCUT2D eigenvalue weighted by Crippen LogP contribution is 2.21. The van der Waals surface area contributed by atoms with Crippen LogP contribution in [0.4, 0.5) is 8.78 Å². The van der Waals surface area contributed by atoms with Crippen molar-refractivity contribution in [1.82, 2.24) is 15.5 Å². The smallest absolute Gasteiger partial charge is 0.387 e. The fraction of sp³-hybridized carbons (Fsp3) is 0.429. The van der Waals surface area contributed by atoms with Crippen molar-refractivity contribution in [2.24, 2.45) is 0 Å². The van der Waals surface area contributed by atoms with E-state index in [1.807, 2.05) is 13.8 Å². The average Bonchev–Trinajstić information content (AvgIpc) is 2.85. The van der Waals surface area contributed by atoms with E-state index in [-0.39, 0.29) is 17.8 Å². The number of aromatic nitrogens is 2. The van der Waals surface area contributed by atoms with Crippen molar-refractivity contribution in [2.75, 3.05) is 0 Å². The number of nitrogens with one attached hydrogen (secondary N) is 1. The fourth-order valence-electron chi connectivity index (χ4n) is 1.97. The molecule has 2 atom stereocenters. The lowest BCUT2D eigenvalue weighted by atomic mass is 10.1. The number of aryl methyl sites for hydroxylation is 1. The van der Waals surface area contributed by atoms with E-state index in [2.05, 4.69) is 20.3 Å². The minimum Gasteiger partial charge on any atom is -0.435 e. The number of nitrogens with zero attached hydrogens (tertiary/aromatic N) is 2. The van der Waals surface area contributed by atoms with E-state index in [4.69, 9.17) is 4.42 Å². The number of hydrogen-bond donors (Lipinski definition) is 1. The van der Waals surface area contributed by atoms with Crippen LogP contribution < -0.4 is 10.1 Å². The molecule has 2 aromatic rings. The van der Waals surface area contributed by atoms with Crippen molar-refractivity contribution in [3.63, 3.8) is 0 Å². The van der Waals surface area contributed by atoms with E-state index < -0.39 is 6.61 Å². The summed E-state index contributed by atoms with van der Waals surface area (Å²) < 4.78 is 33.8. The van der Waals surface area contributed by atoms with E-state index in [0.717, 1.165) is 5.56 Å². The van der Waals surface area contributed by atoms with Gasteiger partial charge in [0.25, 0.3) is 0 Å². The zero-order chi connectivity index (χ0) is 15.4. The summed E-state index contributed by atoms with van der Waals surface area (Å²) in [4.78, 5) is 0. The molecule has 0 aliphatic carbocycles. The Bertz CT molecular complexity index is 572. The molecule has 0 spiro atoms. The molecular formula is C14H17F2N3O2. The van der Waals surface area contributed by atoms with Crippen LogP contribution in [0.25, 0.3) is 0 Å². The summed E-state index contributed by atoms with van der Waals surface area (Å²) in [5.41, 5.74) is 0.944. The molecule has 1 aromatic carbocycles. The third-order valence-electron chi connectivity index (χ3n) is 3.02. The molecule has 0 aliphatic rings. The molecule has 0 fully saturated rings. The maximum atomic E-state index is 12.1. The molecule has 0 amide bonds. The van der Waals surface area contributed by atoms with Crippen LogP contribution in [0.1, 0.15) is 43.3 Å². The standard InChI is InChI=1S/C14H17F2N3O2/c1-8(17-9(2)13-19-18-10(3)20-13)11-4-6-12(7-5-11)21-14(15)16/h4-9,14,17H,1-3H3/t8-,9+/m1/s1. The van der Waals surface area contributed by atoms with Crippen LogP contribution in [-0.4, -0.2) is 16.8 Å². The lowest BCUT2D eigenvalue weighted by Crippen LogP contribution is -2.22. The van der Waals surface area contributed by atoms with Gasteiger partial charge in [0, 0.05) is 13.0 Å². The molecule has 0 aliphatic heterocycles. The van der Waals surface area contributed by atoms with Gasteiger partial charge < -0.3 is 9.15 Å². The number of benzene rings is 1. The van der Waals surface area contributed by atoms with Gasteiger partial charge in [0.2, 0.25) is 11.8 Å². The van der Waals surface area contributed by atoms with Gasteiger partial charge in [0.15, 0.2) is 0 Å². The largest absolute Gasteiger partial charge is 0.435 e. The molecular weight excluding hydrogens is 280 g/mol. The van der Waals surface area contributed by atoms with Crippen LogP contribution >= 0.6 is 0 Å².